The molecule has 0 amide bonds. The zero-order valence-corrected chi connectivity index (χ0v) is 12.5. The van der Waals surface area contributed by atoms with Gasteiger partial charge < -0.3 is 14.8 Å². The summed E-state index contributed by atoms with van der Waals surface area (Å²) in [7, 11) is 1.65. The second-order valence-electron chi connectivity index (χ2n) is 4.68. The van der Waals surface area contributed by atoms with Crippen molar-refractivity contribution in [3.63, 3.8) is 0 Å². The molecule has 112 valence electrons. The van der Waals surface area contributed by atoms with Crippen molar-refractivity contribution < 1.29 is 9.47 Å². The van der Waals surface area contributed by atoms with Crippen molar-refractivity contribution >= 4 is 0 Å². The van der Waals surface area contributed by atoms with E-state index in [1.54, 1.807) is 7.11 Å². The van der Waals surface area contributed by atoms with Crippen LogP contribution in [-0.4, -0.2) is 23.9 Å². The molecule has 0 saturated heterocycles. The standard InChI is InChI=1S/C16H21N3O2/c1-3-10-17-11-14-6-9-16(19-18-14)21-12-13-4-7-15(20-2)8-5-13/h4-9,17H,3,10-12H2,1-2H3. The van der Waals surface area contributed by atoms with Crippen LogP contribution in [0.15, 0.2) is 36.4 Å². The van der Waals surface area contributed by atoms with Gasteiger partial charge in [-0.2, -0.15) is 5.10 Å². The van der Waals surface area contributed by atoms with Gasteiger partial charge in [-0.25, -0.2) is 0 Å². The van der Waals surface area contributed by atoms with Crippen LogP contribution >= 0.6 is 0 Å². The minimum Gasteiger partial charge on any atom is -0.497 e. The molecule has 0 aliphatic heterocycles. The van der Waals surface area contributed by atoms with Crippen LogP contribution in [0, 0.1) is 0 Å². The lowest BCUT2D eigenvalue weighted by Gasteiger charge is -2.07. The van der Waals surface area contributed by atoms with Crippen LogP contribution in [0.4, 0.5) is 0 Å². The van der Waals surface area contributed by atoms with E-state index >= 15 is 0 Å². The number of nitrogens with zero attached hydrogens (tertiary/aromatic N) is 2. The Labute approximate surface area is 125 Å². The number of methoxy groups -OCH3 is 1. The van der Waals surface area contributed by atoms with Crippen molar-refractivity contribution in [1.29, 1.82) is 0 Å². The first-order valence-corrected chi connectivity index (χ1v) is 7.11. The number of benzene rings is 1. The zero-order valence-electron chi connectivity index (χ0n) is 12.5. The molecule has 1 heterocycles. The van der Waals surface area contributed by atoms with Crippen LogP contribution < -0.4 is 14.8 Å². The van der Waals surface area contributed by atoms with Crippen LogP contribution in [0.5, 0.6) is 11.6 Å². The van der Waals surface area contributed by atoms with E-state index < -0.39 is 0 Å². The van der Waals surface area contributed by atoms with Gasteiger partial charge in [0.05, 0.1) is 12.8 Å². The van der Waals surface area contributed by atoms with Crippen LogP contribution in [-0.2, 0) is 13.2 Å². The second-order valence-corrected chi connectivity index (χ2v) is 4.68. The van der Waals surface area contributed by atoms with Gasteiger partial charge in [-0.3, -0.25) is 0 Å². The minimum atomic E-state index is 0.464. The summed E-state index contributed by atoms with van der Waals surface area (Å²) in [4.78, 5) is 0. The van der Waals surface area contributed by atoms with E-state index in [1.807, 2.05) is 36.4 Å². The summed E-state index contributed by atoms with van der Waals surface area (Å²) in [5.41, 5.74) is 1.98. The molecular formula is C16H21N3O2. The highest BCUT2D eigenvalue weighted by Gasteiger charge is 2.00. The van der Waals surface area contributed by atoms with Crippen molar-refractivity contribution in [3.05, 3.63) is 47.7 Å². The monoisotopic (exact) mass is 287 g/mol. The highest BCUT2D eigenvalue weighted by molar-refractivity contribution is 5.27. The van der Waals surface area contributed by atoms with Crippen molar-refractivity contribution in [2.75, 3.05) is 13.7 Å². The summed E-state index contributed by atoms with van der Waals surface area (Å²) in [6.07, 6.45) is 1.11. The molecule has 0 bridgehead atoms. The molecule has 1 aromatic heterocycles. The Hall–Kier alpha value is -2.14. The molecule has 0 atom stereocenters. The number of hydrogen-bond donors (Lipinski definition) is 1. The van der Waals surface area contributed by atoms with Crippen LogP contribution in [0.3, 0.4) is 0 Å². The fourth-order valence-corrected chi connectivity index (χ4v) is 1.79. The van der Waals surface area contributed by atoms with Gasteiger partial charge in [0, 0.05) is 12.6 Å². The second kappa shape index (κ2) is 8.21. The Kier molecular flexibility index (Phi) is 5.97. The first kappa shape index (κ1) is 15.3. The Morgan fingerprint density at radius 2 is 1.86 bits per heavy atom. The Bertz CT molecular complexity index is 526. The van der Waals surface area contributed by atoms with E-state index in [9.17, 15) is 0 Å². The van der Waals surface area contributed by atoms with E-state index in [4.69, 9.17) is 9.47 Å². The molecule has 0 fully saturated rings. The average molecular weight is 287 g/mol. The zero-order chi connectivity index (χ0) is 14.9. The van der Waals surface area contributed by atoms with E-state index in [-0.39, 0.29) is 0 Å². The number of aromatic nitrogens is 2. The van der Waals surface area contributed by atoms with Gasteiger partial charge in [0.15, 0.2) is 0 Å². The molecule has 0 unspecified atom stereocenters. The largest absolute Gasteiger partial charge is 0.497 e. The third-order valence-corrected chi connectivity index (χ3v) is 2.97. The first-order valence-electron chi connectivity index (χ1n) is 7.11. The van der Waals surface area contributed by atoms with E-state index in [1.165, 1.54) is 0 Å². The van der Waals surface area contributed by atoms with Crippen molar-refractivity contribution in [2.24, 2.45) is 0 Å². The van der Waals surface area contributed by atoms with Crippen molar-refractivity contribution in [2.45, 2.75) is 26.5 Å². The Morgan fingerprint density at radius 3 is 2.48 bits per heavy atom. The lowest BCUT2D eigenvalue weighted by atomic mass is 10.2. The maximum atomic E-state index is 5.61. The summed E-state index contributed by atoms with van der Waals surface area (Å²) < 4.78 is 10.7. The predicted octanol–water partition coefficient (Wildman–Crippen LogP) is 2.56. The Balaban J connectivity index is 1.82. The summed E-state index contributed by atoms with van der Waals surface area (Å²) in [5.74, 6) is 1.37. The Morgan fingerprint density at radius 1 is 1.05 bits per heavy atom. The highest BCUT2D eigenvalue weighted by atomic mass is 16.5. The lowest BCUT2D eigenvalue weighted by Crippen LogP contribution is -2.15. The summed E-state index contributed by atoms with van der Waals surface area (Å²) in [6.45, 7) is 4.32. The molecule has 2 rings (SSSR count). The third-order valence-electron chi connectivity index (χ3n) is 2.97. The smallest absolute Gasteiger partial charge is 0.233 e. The predicted molar refractivity (Wildman–Crippen MR) is 81.4 cm³/mol. The highest BCUT2D eigenvalue weighted by Crippen LogP contribution is 2.13. The van der Waals surface area contributed by atoms with Gasteiger partial charge in [-0.05, 0) is 36.7 Å². The van der Waals surface area contributed by atoms with Gasteiger partial charge in [-0.1, -0.05) is 19.1 Å². The van der Waals surface area contributed by atoms with Crippen molar-refractivity contribution in [3.8, 4) is 11.6 Å². The molecule has 21 heavy (non-hydrogen) atoms. The van der Waals surface area contributed by atoms with Gasteiger partial charge >= 0.3 is 0 Å². The van der Waals surface area contributed by atoms with Crippen LogP contribution in [0.2, 0.25) is 0 Å². The van der Waals surface area contributed by atoms with Gasteiger partial charge in [0.1, 0.15) is 12.4 Å². The van der Waals surface area contributed by atoms with Gasteiger partial charge in [-0.15, -0.1) is 5.10 Å². The van der Waals surface area contributed by atoms with E-state index in [2.05, 4.69) is 22.4 Å². The molecule has 5 nitrogen and oxygen atoms in total. The number of ether oxygens (including phenoxy) is 2. The molecule has 0 aliphatic rings. The maximum Gasteiger partial charge on any atom is 0.233 e. The third kappa shape index (κ3) is 5.04. The SMILES string of the molecule is CCCNCc1ccc(OCc2ccc(OC)cc2)nn1. The molecule has 0 spiro atoms. The molecule has 2 aromatic rings. The number of rotatable bonds is 8. The fourth-order valence-electron chi connectivity index (χ4n) is 1.79. The maximum absolute atomic E-state index is 5.61. The lowest BCUT2D eigenvalue weighted by molar-refractivity contribution is 0.289. The molecule has 5 heteroatoms. The average Bonchev–Trinajstić information content (AvgIpc) is 2.55. The minimum absolute atomic E-state index is 0.464. The fraction of sp³-hybridized carbons (Fsp3) is 0.375. The molecule has 1 N–H and O–H groups in total. The summed E-state index contributed by atoms with van der Waals surface area (Å²) in [5, 5.41) is 11.5. The molecule has 1 aromatic carbocycles. The van der Waals surface area contributed by atoms with Crippen LogP contribution in [0.25, 0.3) is 0 Å². The molecule has 0 radical (unpaired) electrons. The first-order chi connectivity index (χ1) is 10.3. The molecule has 0 saturated carbocycles. The number of nitrogens with one attached hydrogen (secondary N) is 1. The quantitative estimate of drug-likeness (QED) is 0.756. The van der Waals surface area contributed by atoms with Gasteiger partial charge in [0.2, 0.25) is 5.88 Å². The van der Waals surface area contributed by atoms with Gasteiger partial charge in [0.25, 0.3) is 0 Å². The van der Waals surface area contributed by atoms with Crippen LogP contribution in [0.1, 0.15) is 24.6 Å². The van der Waals surface area contributed by atoms with E-state index in [0.717, 1.165) is 36.5 Å². The summed E-state index contributed by atoms with van der Waals surface area (Å²) >= 11 is 0. The molecule has 0 aliphatic carbocycles. The topological polar surface area (TPSA) is 56.3 Å². The van der Waals surface area contributed by atoms with E-state index in [0.29, 0.717) is 12.5 Å². The number of hydrogen-bond acceptors (Lipinski definition) is 5. The normalized spacial score (nSPS) is 10.4. The van der Waals surface area contributed by atoms with Crippen molar-refractivity contribution in [1.82, 2.24) is 15.5 Å². The summed E-state index contributed by atoms with van der Waals surface area (Å²) in [6, 6.07) is 11.5. The molecular weight excluding hydrogens is 266 g/mol.